The van der Waals surface area contributed by atoms with Gasteiger partial charge in [-0.25, -0.2) is 8.42 Å². The highest BCUT2D eigenvalue weighted by Crippen LogP contribution is 2.32. The van der Waals surface area contributed by atoms with Crippen LogP contribution in [0.5, 0.6) is 0 Å². The van der Waals surface area contributed by atoms with Crippen molar-refractivity contribution >= 4 is 38.4 Å². The van der Waals surface area contributed by atoms with Gasteiger partial charge >= 0.3 is 0 Å². The van der Waals surface area contributed by atoms with Crippen molar-refractivity contribution in [1.82, 2.24) is 9.62 Å². The van der Waals surface area contributed by atoms with E-state index in [0.29, 0.717) is 34.3 Å². The molecule has 3 rings (SSSR count). The molecule has 2 atom stereocenters. The van der Waals surface area contributed by atoms with Crippen molar-refractivity contribution in [3.8, 4) is 0 Å². The second-order valence-corrected chi connectivity index (χ2v) is 8.52. The highest BCUT2D eigenvalue weighted by atomic mass is 79.9. The summed E-state index contributed by atoms with van der Waals surface area (Å²) in [4.78, 5) is 0.382. The standard InChI is InChI=1S/C14H19BrN2O2S.ClH/c1-10-2-3-14(13(15)6-10)20(18,19)17-5-4-11-7-16-8-12(11)9-17;/h2-3,6,11-12,16H,4-5,7-9H2,1H3;1H. The number of hydrogen-bond acceptors (Lipinski definition) is 3. The van der Waals surface area contributed by atoms with Gasteiger partial charge in [0.05, 0.1) is 4.90 Å². The van der Waals surface area contributed by atoms with Crippen LogP contribution in [0.1, 0.15) is 12.0 Å². The van der Waals surface area contributed by atoms with Crippen LogP contribution in [0.15, 0.2) is 27.6 Å². The Morgan fingerprint density at radius 3 is 2.71 bits per heavy atom. The summed E-state index contributed by atoms with van der Waals surface area (Å²) >= 11 is 3.39. The van der Waals surface area contributed by atoms with E-state index >= 15 is 0 Å². The summed E-state index contributed by atoms with van der Waals surface area (Å²) in [6, 6.07) is 5.41. The Balaban J connectivity index is 0.00000161. The molecule has 2 fully saturated rings. The highest BCUT2D eigenvalue weighted by Gasteiger charge is 2.38. The van der Waals surface area contributed by atoms with Crippen molar-refractivity contribution in [2.24, 2.45) is 11.8 Å². The predicted octanol–water partition coefficient (Wildman–Crippen LogP) is 2.41. The van der Waals surface area contributed by atoms with E-state index in [0.717, 1.165) is 25.1 Å². The Labute approximate surface area is 140 Å². The van der Waals surface area contributed by atoms with Crippen LogP contribution >= 0.6 is 28.3 Å². The number of fused-ring (bicyclic) bond motifs is 1. The van der Waals surface area contributed by atoms with Gasteiger partial charge in [0.1, 0.15) is 0 Å². The van der Waals surface area contributed by atoms with Gasteiger partial charge in [0.15, 0.2) is 0 Å². The predicted molar refractivity (Wildman–Crippen MR) is 89.4 cm³/mol. The summed E-state index contributed by atoms with van der Waals surface area (Å²) in [6.45, 7) is 5.20. The zero-order chi connectivity index (χ0) is 14.3. The zero-order valence-corrected chi connectivity index (χ0v) is 15.1. The summed E-state index contributed by atoms with van der Waals surface area (Å²) in [5.74, 6) is 1.10. The molecule has 2 saturated heterocycles. The maximum atomic E-state index is 12.8. The highest BCUT2D eigenvalue weighted by molar-refractivity contribution is 9.10. The molecule has 0 bridgehead atoms. The Kier molecular flexibility index (Phi) is 5.36. The number of hydrogen-bond donors (Lipinski definition) is 1. The summed E-state index contributed by atoms with van der Waals surface area (Å²) < 4.78 is 27.9. The fourth-order valence-corrected chi connectivity index (χ4v) is 5.84. The van der Waals surface area contributed by atoms with Crippen LogP contribution in [0.3, 0.4) is 0 Å². The minimum Gasteiger partial charge on any atom is -0.316 e. The van der Waals surface area contributed by atoms with Crippen LogP contribution in [-0.2, 0) is 10.0 Å². The van der Waals surface area contributed by atoms with E-state index in [-0.39, 0.29) is 12.4 Å². The smallest absolute Gasteiger partial charge is 0.244 e. The Morgan fingerprint density at radius 1 is 1.29 bits per heavy atom. The van der Waals surface area contributed by atoms with Crippen molar-refractivity contribution in [1.29, 1.82) is 0 Å². The van der Waals surface area contributed by atoms with Gasteiger partial charge in [-0.3, -0.25) is 0 Å². The first kappa shape index (κ1) is 17.2. The lowest BCUT2D eigenvalue weighted by atomic mass is 9.90. The van der Waals surface area contributed by atoms with E-state index in [1.54, 1.807) is 10.4 Å². The molecule has 1 N–H and O–H groups in total. The maximum Gasteiger partial charge on any atom is 0.244 e. The van der Waals surface area contributed by atoms with E-state index in [1.165, 1.54) is 0 Å². The van der Waals surface area contributed by atoms with Crippen molar-refractivity contribution in [3.05, 3.63) is 28.2 Å². The average molecular weight is 396 g/mol. The molecule has 1 aromatic carbocycles. The lowest BCUT2D eigenvalue weighted by Gasteiger charge is -2.33. The fourth-order valence-electron chi connectivity index (χ4n) is 3.17. The van der Waals surface area contributed by atoms with Crippen LogP contribution in [0.4, 0.5) is 0 Å². The zero-order valence-electron chi connectivity index (χ0n) is 11.9. The number of halogens is 2. The molecule has 2 unspecified atom stereocenters. The molecule has 4 nitrogen and oxygen atoms in total. The number of nitrogens with zero attached hydrogens (tertiary/aromatic N) is 1. The number of sulfonamides is 1. The molecule has 1 aromatic rings. The molecule has 0 amide bonds. The summed E-state index contributed by atoms with van der Waals surface area (Å²) in [5.41, 5.74) is 1.05. The van der Waals surface area contributed by atoms with Crippen molar-refractivity contribution in [2.75, 3.05) is 26.2 Å². The van der Waals surface area contributed by atoms with E-state index in [4.69, 9.17) is 0 Å². The molecule has 2 aliphatic rings. The van der Waals surface area contributed by atoms with Gasteiger partial charge in [-0.15, -0.1) is 12.4 Å². The molecule has 0 aliphatic carbocycles. The fraction of sp³-hybridized carbons (Fsp3) is 0.571. The number of piperidine rings is 1. The summed E-state index contributed by atoms with van der Waals surface area (Å²) in [6.07, 6.45) is 0.959. The molecule has 7 heteroatoms. The second-order valence-electron chi connectivity index (χ2n) is 5.76. The quantitative estimate of drug-likeness (QED) is 0.836. The molecule has 0 radical (unpaired) electrons. The minimum absolute atomic E-state index is 0. The van der Waals surface area contributed by atoms with Gasteiger partial charge in [0, 0.05) is 17.6 Å². The molecule has 2 aliphatic heterocycles. The molecule has 118 valence electrons. The number of rotatable bonds is 2. The van der Waals surface area contributed by atoms with E-state index in [2.05, 4.69) is 21.2 Å². The molecule has 0 saturated carbocycles. The van der Waals surface area contributed by atoms with Gasteiger partial charge in [0.25, 0.3) is 0 Å². The molecular weight excluding hydrogens is 376 g/mol. The van der Waals surface area contributed by atoms with Crippen molar-refractivity contribution < 1.29 is 8.42 Å². The average Bonchev–Trinajstić information content (AvgIpc) is 2.85. The van der Waals surface area contributed by atoms with Crippen molar-refractivity contribution in [2.45, 2.75) is 18.2 Å². The SMILES string of the molecule is Cc1ccc(S(=O)(=O)N2CCC3CNCC3C2)c(Br)c1.Cl. The van der Waals surface area contributed by atoms with Gasteiger partial charge in [-0.05, 0) is 71.9 Å². The van der Waals surface area contributed by atoms with Crippen LogP contribution in [0, 0.1) is 18.8 Å². The van der Waals surface area contributed by atoms with Gasteiger partial charge in [-0.1, -0.05) is 6.07 Å². The maximum absolute atomic E-state index is 12.8. The molecular formula is C14H20BrClN2O2S. The molecule has 21 heavy (non-hydrogen) atoms. The van der Waals surface area contributed by atoms with Crippen LogP contribution < -0.4 is 5.32 Å². The third-order valence-electron chi connectivity index (χ3n) is 4.37. The topological polar surface area (TPSA) is 49.4 Å². The van der Waals surface area contributed by atoms with E-state index in [9.17, 15) is 8.42 Å². The summed E-state index contributed by atoms with van der Waals surface area (Å²) in [7, 11) is -3.39. The Hall–Kier alpha value is -0.140. The van der Waals surface area contributed by atoms with Crippen LogP contribution in [-0.4, -0.2) is 38.9 Å². The number of aryl methyl sites for hydroxylation is 1. The first-order valence-electron chi connectivity index (χ1n) is 6.95. The van der Waals surface area contributed by atoms with Gasteiger partial charge < -0.3 is 5.32 Å². The van der Waals surface area contributed by atoms with E-state index < -0.39 is 10.0 Å². The molecule has 0 spiro atoms. The summed E-state index contributed by atoms with van der Waals surface area (Å²) in [5, 5.41) is 3.36. The van der Waals surface area contributed by atoms with Gasteiger partial charge in [0.2, 0.25) is 10.0 Å². The Bertz CT molecular complexity index is 623. The third kappa shape index (κ3) is 3.29. The van der Waals surface area contributed by atoms with E-state index in [1.807, 2.05) is 19.1 Å². The lowest BCUT2D eigenvalue weighted by Crippen LogP contribution is -2.43. The van der Waals surface area contributed by atoms with Crippen LogP contribution in [0.2, 0.25) is 0 Å². The first-order chi connectivity index (χ1) is 9.48. The third-order valence-corrected chi connectivity index (χ3v) is 7.21. The molecule has 0 aromatic heterocycles. The monoisotopic (exact) mass is 394 g/mol. The van der Waals surface area contributed by atoms with Crippen LogP contribution in [0.25, 0.3) is 0 Å². The lowest BCUT2D eigenvalue weighted by molar-refractivity contribution is 0.228. The van der Waals surface area contributed by atoms with Crippen molar-refractivity contribution in [3.63, 3.8) is 0 Å². The second kappa shape index (κ2) is 6.54. The minimum atomic E-state index is -3.39. The normalized spacial score (nSPS) is 26.2. The number of nitrogens with one attached hydrogen (secondary N) is 1. The number of benzene rings is 1. The first-order valence-corrected chi connectivity index (χ1v) is 9.19. The van der Waals surface area contributed by atoms with Gasteiger partial charge in [-0.2, -0.15) is 4.31 Å². The Morgan fingerprint density at radius 2 is 2.00 bits per heavy atom. The molecule has 2 heterocycles. The largest absolute Gasteiger partial charge is 0.316 e.